The normalized spacial score (nSPS) is 19.3. The third-order valence-corrected chi connectivity index (χ3v) is 4.32. The number of ether oxygens (including phenoxy) is 1. The number of aryl methyl sites for hydroxylation is 2. The second kappa shape index (κ2) is 6.50. The van der Waals surface area contributed by atoms with Crippen LogP contribution in [0.4, 0.5) is 0 Å². The van der Waals surface area contributed by atoms with E-state index in [9.17, 15) is 0 Å². The van der Waals surface area contributed by atoms with Gasteiger partial charge in [0.25, 0.3) is 0 Å². The lowest BCUT2D eigenvalue weighted by Crippen LogP contribution is -2.46. The fraction of sp³-hybridized carbons (Fsp3) is 0.471. The Labute approximate surface area is 131 Å². The maximum Gasteiger partial charge on any atom is 0.127 e. The summed E-state index contributed by atoms with van der Waals surface area (Å²) < 4.78 is 7.64. The molecule has 2 aromatic rings. The zero-order valence-corrected chi connectivity index (χ0v) is 13.5. The second-order valence-corrected chi connectivity index (χ2v) is 5.90. The Kier molecular flexibility index (Phi) is 4.45. The molecule has 0 radical (unpaired) electrons. The lowest BCUT2D eigenvalue weighted by molar-refractivity contribution is 0.143. The Hall–Kier alpha value is -1.85. The number of aromatic nitrogens is 2. The first-order valence-corrected chi connectivity index (χ1v) is 7.74. The van der Waals surface area contributed by atoms with Crippen LogP contribution in [0.5, 0.6) is 5.75 Å². The first kappa shape index (κ1) is 15.1. The summed E-state index contributed by atoms with van der Waals surface area (Å²) in [6, 6.07) is 6.66. The highest BCUT2D eigenvalue weighted by molar-refractivity contribution is 5.37. The van der Waals surface area contributed by atoms with Crippen LogP contribution in [0.2, 0.25) is 0 Å². The number of rotatable bonds is 4. The fourth-order valence-electron chi connectivity index (χ4n) is 3.14. The smallest absolute Gasteiger partial charge is 0.127 e. The third kappa shape index (κ3) is 3.00. The van der Waals surface area contributed by atoms with Gasteiger partial charge < -0.3 is 14.6 Å². The van der Waals surface area contributed by atoms with Gasteiger partial charge in [0.1, 0.15) is 11.6 Å². The maximum atomic E-state index is 5.53. The van der Waals surface area contributed by atoms with Crippen molar-refractivity contribution in [2.24, 2.45) is 7.05 Å². The van der Waals surface area contributed by atoms with E-state index in [2.05, 4.69) is 51.9 Å². The van der Waals surface area contributed by atoms with Crippen molar-refractivity contribution < 1.29 is 4.74 Å². The van der Waals surface area contributed by atoms with Gasteiger partial charge in [0, 0.05) is 51.2 Å². The molecule has 1 atom stereocenters. The first-order valence-electron chi connectivity index (χ1n) is 7.74. The van der Waals surface area contributed by atoms with Gasteiger partial charge >= 0.3 is 0 Å². The van der Waals surface area contributed by atoms with Crippen LogP contribution in [0.3, 0.4) is 0 Å². The van der Waals surface area contributed by atoms with Crippen molar-refractivity contribution in [3.05, 3.63) is 47.5 Å². The van der Waals surface area contributed by atoms with E-state index in [0.717, 1.165) is 37.8 Å². The van der Waals surface area contributed by atoms with Gasteiger partial charge in [-0.3, -0.25) is 4.90 Å². The van der Waals surface area contributed by atoms with Crippen molar-refractivity contribution in [1.82, 2.24) is 19.8 Å². The Morgan fingerprint density at radius 3 is 3.00 bits per heavy atom. The molecule has 1 aliphatic heterocycles. The molecule has 0 spiro atoms. The van der Waals surface area contributed by atoms with Crippen LogP contribution in [0.15, 0.2) is 30.6 Å². The molecule has 118 valence electrons. The summed E-state index contributed by atoms with van der Waals surface area (Å²) in [6.45, 7) is 5.95. The molecule has 1 aromatic carbocycles. The molecule has 1 unspecified atom stereocenters. The molecule has 5 nitrogen and oxygen atoms in total. The highest BCUT2D eigenvalue weighted by Gasteiger charge is 2.27. The van der Waals surface area contributed by atoms with Crippen LogP contribution in [0, 0.1) is 6.92 Å². The second-order valence-electron chi connectivity index (χ2n) is 5.90. The van der Waals surface area contributed by atoms with Crippen LogP contribution in [0.1, 0.15) is 23.0 Å². The van der Waals surface area contributed by atoms with Gasteiger partial charge in [-0.15, -0.1) is 0 Å². The number of nitrogens with zero attached hydrogens (tertiary/aromatic N) is 3. The lowest BCUT2D eigenvalue weighted by Gasteiger charge is -2.36. The molecule has 2 heterocycles. The topological polar surface area (TPSA) is 42.3 Å². The summed E-state index contributed by atoms with van der Waals surface area (Å²) in [5.74, 6) is 2.07. The number of benzene rings is 1. The monoisotopic (exact) mass is 300 g/mol. The van der Waals surface area contributed by atoms with Gasteiger partial charge in [-0.1, -0.05) is 17.7 Å². The number of imidazole rings is 1. The molecular formula is C17H24N4O. The van der Waals surface area contributed by atoms with E-state index in [1.54, 1.807) is 7.11 Å². The van der Waals surface area contributed by atoms with Crippen molar-refractivity contribution >= 4 is 0 Å². The van der Waals surface area contributed by atoms with E-state index < -0.39 is 0 Å². The predicted molar refractivity (Wildman–Crippen MR) is 87.0 cm³/mol. The summed E-state index contributed by atoms with van der Waals surface area (Å²) in [5.41, 5.74) is 2.50. The fourth-order valence-corrected chi connectivity index (χ4v) is 3.14. The van der Waals surface area contributed by atoms with Crippen LogP contribution < -0.4 is 10.1 Å². The molecule has 0 bridgehead atoms. The molecule has 0 saturated carbocycles. The lowest BCUT2D eigenvalue weighted by atomic mass is 10.1. The molecule has 1 saturated heterocycles. The minimum Gasteiger partial charge on any atom is -0.496 e. The van der Waals surface area contributed by atoms with Crippen molar-refractivity contribution in [3.8, 4) is 5.75 Å². The Bertz CT molecular complexity index is 637. The minimum atomic E-state index is 0.291. The summed E-state index contributed by atoms with van der Waals surface area (Å²) in [5, 5.41) is 3.48. The number of hydrogen-bond donors (Lipinski definition) is 1. The maximum absolute atomic E-state index is 5.53. The Morgan fingerprint density at radius 2 is 2.27 bits per heavy atom. The molecule has 0 aliphatic carbocycles. The molecule has 1 fully saturated rings. The van der Waals surface area contributed by atoms with E-state index >= 15 is 0 Å². The van der Waals surface area contributed by atoms with E-state index in [0.29, 0.717) is 6.04 Å². The van der Waals surface area contributed by atoms with E-state index in [-0.39, 0.29) is 0 Å². The van der Waals surface area contributed by atoms with Crippen molar-refractivity contribution in [3.63, 3.8) is 0 Å². The van der Waals surface area contributed by atoms with Crippen molar-refractivity contribution in [2.45, 2.75) is 19.5 Å². The van der Waals surface area contributed by atoms with Gasteiger partial charge in [0.2, 0.25) is 0 Å². The van der Waals surface area contributed by atoms with Crippen LogP contribution in [0.25, 0.3) is 0 Å². The van der Waals surface area contributed by atoms with Gasteiger partial charge in [0.05, 0.1) is 13.2 Å². The highest BCUT2D eigenvalue weighted by atomic mass is 16.5. The highest BCUT2D eigenvalue weighted by Crippen LogP contribution is 2.27. The molecule has 1 N–H and O–H groups in total. The van der Waals surface area contributed by atoms with E-state index in [4.69, 9.17) is 4.74 Å². The van der Waals surface area contributed by atoms with Crippen molar-refractivity contribution in [2.75, 3.05) is 26.7 Å². The quantitative estimate of drug-likeness (QED) is 0.936. The molecule has 1 aromatic heterocycles. The molecule has 1 aliphatic rings. The van der Waals surface area contributed by atoms with Crippen molar-refractivity contribution in [1.29, 1.82) is 0 Å². The summed E-state index contributed by atoms with van der Waals surface area (Å²) in [7, 11) is 3.80. The van der Waals surface area contributed by atoms with Gasteiger partial charge in [-0.2, -0.15) is 0 Å². The molecule has 3 rings (SSSR count). The number of methoxy groups -OCH3 is 1. The standard InChI is InChI=1S/C17H24N4O/c1-13-4-5-16(22-3)14(10-13)12-21-9-6-18-11-15(21)17-19-7-8-20(17)2/h4-5,7-8,10,15,18H,6,9,11-12H2,1-3H3. The SMILES string of the molecule is COc1ccc(C)cc1CN1CCNCC1c1nccn1C. The Balaban J connectivity index is 1.86. The average molecular weight is 300 g/mol. The zero-order valence-electron chi connectivity index (χ0n) is 13.5. The molecular weight excluding hydrogens is 276 g/mol. The summed E-state index contributed by atoms with van der Waals surface area (Å²) in [6.07, 6.45) is 3.88. The van der Waals surface area contributed by atoms with Crippen LogP contribution >= 0.6 is 0 Å². The summed E-state index contributed by atoms with van der Waals surface area (Å²) >= 11 is 0. The molecule has 5 heteroatoms. The summed E-state index contributed by atoms with van der Waals surface area (Å²) in [4.78, 5) is 7.02. The van der Waals surface area contributed by atoms with Crippen LogP contribution in [-0.2, 0) is 13.6 Å². The van der Waals surface area contributed by atoms with Gasteiger partial charge in [0.15, 0.2) is 0 Å². The number of piperazine rings is 1. The predicted octanol–water partition coefficient (Wildman–Crippen LogP) is 1.88. The zero-order chi connectivity index (χ0) is 15.5. The molecule has 22 heavy (non-hydrogen) atoms. The molecule has 0 amide bonds. The Morgan fingerprint density at radius 1 is 1.41 bits per heavy atom. The largest absolute Gasteiger partial charge is 0.496 e. The van der Waals surface area contributed by atoms with Gasteiger partial charge in [-0.05, 0) is 13.0 Å². The third-order valence-electron chi connectivity index (χ3n) is 4.32. The number of nitrogens with one attached hydrogen (secondary N) is 1. The van der Waals surface area contributed by atoms with E-state index in [1.807, 2.05) is 12.4 Å². The van der Waals surface area contributed by atoms with Crippen LogP contribution in [-0.4, -0.2) is 41.2 Å². The van der Waals surface area contributed by atoms with E-state index in [1.165, 1.54) is 11.1 Å². The van der Waals surface area contributed by atoms with Gasteiger partial charge in [-0.25, -0.2) is 4.98 Å². The minimum absolute atomic E-state index is 0.291. The average Bonchev–Trinajstić information content (AvgIpc) is 2.94. The number of hydrogen-bond acceptors (Lipinski definition) is 4. The first-order chi connectivity index (χ1) is 10.7.